The largest absolute Gasteiger partial charge is 0.508 e. The van der Waals surface area contributed by atoms with E-state index < -0.39 is 29.6 Å². The average molecular weight is 312 g/mol. The molecule has 0 aromatic carbocycles. The molecule has 8 nitrogen and oxygen atoms in total. The van der Waals surface area contributed by atoms with Crippen LogP contribution in [0.2, 0.25) is 0 Å². The first kappa shape index (κ1) is 17.7. The van der Waals surface area contributed by atoms with Gasteiger partial charge in [-0.3, -0.25) is 14.4 Å². The van der Waals surface area contributed by atoms with Crippen LogP contribution < -0.4 is 11.1 Å². The molecule has 0 saturated carbocycles. The van der Waals surface area contributed by atoms with Crippen molar-refractivity contribution in [3.63, 3.8) is 0 Å². The predicted molar refractivity (Wildman–Crippen MR) is 77.0 cm³/mol. The summed E-state index contributed by atoms with van der Waals surface area (Å²) in [6, 6.07) is -1.24. The zero-order valence-electron chi connectivity index (χ0n) is 12.2. The number of nitrogens with two attached hydrogens (primary N) is 1. The van der Waals surface area contributed by atoms with Crippen molar-refractivity contribution in [2.24, 2.45) is 11.1 Å². The molecule has 2 atom stereocenters. The molecule has 1 unspecified atom stereocenters. The summed E-state index contributed by atoms with van der Waals surface area (Å²) in [4.78, 5) is 34.2. The number of Topliss-reactive ketones (excluding diaryl/α,β-unsaturated/α-hetero) is 1. The number of hydrogen-bond acceptors (Lipinski definition) is 6. The Kier molecular flexibility index (Phi) is 5.69. The second kappa shape index (κ2) is 7.08. The van der Waals surface area contributed by atoms with E-state index in [0.29, 0.717) is 0 Å². The number of nitrogens with one attached hydrogen (secondary N) is 1. The van der Waals surface area contributed by atoms with E-state index in [9.17, 15) is 24.6 Å². The highest BCUT2D eigenvalue weighted by molar-refractivity contribution is 5.94. The van der Waals surface area contributed by atoms with E-state index in [1.807, 2.05) is 0 Å². The summed E-state index contributed by atoms with van der Waals surface area (Å²) in [5.41, 5.74) is 4.38. The van der Waals surface area contributed by atoms with Gasteiger partial charge in [-0.1, -0.05) is 6.08 Å². The summed E-state index contributed by atoms with van der Waals surface area (Å²) in [5.74, 6) is -2.77. The van der Waals surface area contributed by atoms with Gasteiger partial charge in [-0.2, -0.15) is 0 Å². The number of carbonyl (C=O) groups excluding carboxylic acids is 2. The van der Waals surface area contributed by atoms with Gasteiger partial charge in [-0.25, -0.2) is 0 Å². The lowest BCUT2D eigenvalue weighted by molar-refractivity contribution is -0.140. The number of aliphatic carboxylic acids is 1. The Morgan fingerprint density at radius 1 is 1.41 bits per heavy atom. The van der Waals surface area contributed by atoms with Crippen molar-refractivity contribution in [1.82, 2.24) is 5.32 Å². The van der Waals surface area contributed by atoms with E-state index >= 15 is 0 Å². The van der Waals surface area contributed by atoms with Gasteiger partial charge in [0.2, 0.25) is 5.91 Å². The molecule has 0 spiro atoms. The van der Waals surface area contributed by atoms with Gasteiger partial charge in [-0.15, -0.1) is 0 Å². The Morgan fingerprint density at radius 2 is 2.05 bits per heavy atom. The van der Waals surface area contributed by atoms with Crippen LogP contribution in [0.25, 0.3) is 0 Å². The molecule has 0 saturated heterocycles. The summed E-state index contributed by atoms with van der Waals surface area (Å²) < 4.78 is 0. The Labute approximate surface area is 127 Å². The molecule has 0 bridgehead atoms. The van der Waals surface area contributed by atoms with Crippen LogP contribution in [0.3, 0.4) is 0 Å². The third-order valence-electron chi connectivity index (χ3n) is 3.51. The number of aliphatic hydroxyl groups is 2. The highest BCUT2D eigenvalue weighted by Gasteiger charge is 2.42. The molecule has 0 aromatic rings. The smallest absolute Gasteiger partial charge is 0.305 e. The molecular weight excluding hydrogens is 292 g/mol. The number of allylic oxidation sites excluding steroid dienone is 3. The molecule has 122 valence electrons. The molecular formula is C14H20N2O6. The number of ketones is 1. The van der Waals surface area contributed by atoms with Gasteiger partial charge in [0.05, 0.1) is 17.9 Å². The maximum Gasteiger partial charge on any atom is 0.305 e. The van der Waals surface area contributed by atoms with Crippen molar-refractivity contribution in [3.8, 4) is 0 Å². The molecule has 0 heterocycles. The van der Waals surface area contributed by atoms with Crippen LogP contribution in [-0.4, -0.2) is 45.6 Å². The van der Waals surface area contributed by atoms with Crippen molar-refractivity contribution in [3.05, 3.63) is 23.7 Å². The lowest BCUT2D eigenvalue weighted by atomic mass is 9.71. The van der Waals surface area contributed by atoms with E-state index in [1.165, 1.54) is 19.1 Å². The fourth-order valence-corrected chi connectivity index (χ4v) is 2.36. The number of carboxylic acid groups (broad SMARTS) is 1. The van der Waals surface area contributed by atoms with Crippen molar-refractivity contribution < 1.29 is 29.7 Å². The van der Waals surface area contributed by atoms with E-state index in [1.54, 1.807) is 0 Å². The molecule has 22 heavy (non-hydrogen) atoms. The molecule has 6 N–H and O–H groups in total. The van der Waals surface area contributed by atoms with Gasteiger partial charge < -0.3 is 26.4 Å². The minimum absolute atomic E-state index is 0.132. The average Bonchev–Trinajstić information content (AvgIpc) is 2.41. The highest BCUT2D eigenvalue weighted by atomic mass is 16.4. The lowest BCUT2D eigenvalue weighted by Crippen LogP contribution is -2.46. The van der Waals surface area contributed by atoms with Gasteiger partial charge >= 0.3 is 5.97 Å². The monoisotopic (exact) mass is 312 g/mol. The second-order valence-electron chi connectivity index (χ2n) is 5.30. The number of carboxylic acids is 1. The van der Waals surface area contributed by atoms with Crippen LogP contribution in [0.5, 0.6) is 0 Å². The summed E-state index contributed by atoms with van der Waals surface area (Å²) in [6.45, 7) is 1.48. The van der Waals surface area contributed by atoms with Crippen molar-refractivity contribution in [1.29, 1.82) is 0 Å². The van der Waals surface area contributed by atoms with Crippen molar-refractivity contribution >= 4 is 17.7 Å². The standard InChI is InChI=1S/C14H20N2O6/c1-8(17)16-5-4-14(3-2-10(18)11(19)7-14)13(22)9(15)6-12(20)21/h2-3,9,18-19H,4-7,15H2,1H3,(H,16,17)(H,20,21)/t9-,14?/m0/s1. The fourth-order valence-electron chi connectivity index (χ4n) is 2.36. The number of carbonyl (C=O) groups is 3. The summed E-state index contributed by atoms with van der Waals surface area (Å²) in [5, 5.41) is 30.4. The topological polar surface area (TPSA) is 150 Å². The Hall–Kier alpha value is -2.35. The molecule has 0 radical (unpaired) electrons. The number of hydrogen-bond donors (Lipinski definition) is 5. The van der Waals surface area contributed by atoms with Crippen LogP contribution in [0.4, 0.5) is 0 Å². The zero-order valence-corrected chi connectivity index (χ0v) is 12.2. The van der Waals surface area contributed by atoms with Crippen molar-refractivity contribution in [2.45, 2.75) is 32.2 Å². The molecule has 1 aliphatic rings. The molecule has 0 aromatic heterocycles. The minimum Gasteiger partial charge on any atom is -0.508 e. The minimum atomic E-state index is -1.26. The molecule has 1 aliphatic carbocycles. The van der Waals surface area contributed by atoms with Gasteiger partial charge in [0.15, 0.2) is 11.5 Å². The molecule has 0 fully saturated rings. The van der Waals surface area contributed by atoms with E-state index in [4.69, 9.17) is 10.8 Å². The van der Waals surface area contributed by atoms with Gasteiger partial charge in [0.1, 0.15) is 5.76 Å². The Bertz CT molecular complexity index is 539. The quantitative estimate of drug-likeness (QED) is 0.449. The first-order valence-corrected chi connectivity index (χ1v) is 6.74. The Balaban J connectivity index is 2.97. The van der Waals surface area contributed by atoms with Crippen LogP contribution >= 0.6 is 0 Å². The highest BCUT2D eigenvalue weighted by Crippen LogP contribution is 2.37. The maximum atomic E-state index is 12.5. The second-order valence-corrected chi connectivity index (χ2v) is 5.30. The molecule has 8 heteroatoms. The molecule has 1 rings (SSSR count). The van der Waals surface area contributed by atoms with Crippen LogP contribution in [-0.2, 0) is 14.4 Å². The normalized spacial score (nSPS) is 22.3. The first-order chi connectivity index (χ1) is 10.2. The predicted octanol–water partition coefficient (Wildman–Crippen LogP) is 0.158. The van der Waals surface area contributed by atoms with Crippen LogP contribution in [0, 0.1) is 5.41 Å². The summed E-state index contributed by atoms with van der Waals surface area (Å²) in [7, 11) is 0. The van der Waals surface area contributed by atoms with Gasteiger partial charge in [0, 0.05) is 19.9 Å². The van der Waals surface area contributed by atoms with Crippen LogP contribution in [0.1, 0.15) is 26.2 Å². The zero-order chi connectivity index (χ0) is 16.9. The third kappa shape index (κ3) is 4.32. The first-order valence-electron chi connectivity index (χ1n) is 6.74. The van der Waals surface area contributed by atoms with Crippen LogP contribution in [0.15, 0.2) is 23.7 Å². The van der Waals surface area contributed by atoms with E-state index in [-0.39, 0.29) is 36.8 Å². The number of rotatable bonds is 7. The third-order valence-corrected chi connectivity index (χ3v) is 3.51. The SMILES string of the molecule is CC(=O)NCCC1(C(=O)[C@@H](N)CC(=O)O)C=CC(O)=C(O)C1. The van der Waals surface area contributed by atoms with Gasteiger partial charge in [0.25, 0.3) is 0 Å². The molecule has 0 aliphatic heterocycles. The Morgan fingerprint density at radius 3 is 2.55 bits per heavy atom. The maximum absolute atomic E-state index is 12.5. The van der Waals surface area contributed by atoms with E-state index in [2.05, 4.69) is 5.32 Å². The fraction of sp³-hybridized carbons (Fsp3) is 0.500. The summed E-state index contributed by atoms with van der Waals surface area (Å²) in [6.07, 6.45) is 1.98. The number of amides is 1. The van der Waals surface area contributed by atoms with Gasteiger partial charge in [-0.05, 0) is 12.5 Å². The number of aliphatic hydroxyl groups excluding tert-OH is 2. The lowest BCUT2D eigenvalue weighted by Gasteiger charge is -2.33. The molecule has 1 amide bonds. The van der Waals surface area contributed by atoms with E-state index in [0.717, 1.165) is 0 Å². The van der Waals surface area contributed by atoms with Crippen molar-refractivity contribution in [2.75, 3.05) is 6.54 Å². The summed E-state index contributed by atoms with van der Waals surface area (Å²) >= 11 is 0.